The normalized spacial score (nSPS) is 11.0. The molecule has 0 heterocycles. The average molecular weight is 635 g/mol. The monoisotopic (exact) mass is 634 g/mol. The van der Waals surface area contributed by atoms with Crippen LogP contribution in [0.1, 0.15) is 18.9 Å². The number of methoxy groups -OCH3 is 1. The fourth-order valence-electron chi connectivity index (χ4n) is 4.39. The third kappa shape index (κ3) is 12.1. The predicted molar refractivity (Wildman–Crippen MR) is 175 cm³/mol. The summed E-state index contributed by atoms with van der Waals surface area (Å²) in [6.07, 6.45) is 0.648. The second-order valence-electron chi connectivity index (χ2n) is 10.2. The first-order valence-corrected chi connectivity index (χ1v) is 15.4. The average Bonchev–Trinajstić information content (AvgIpc) is 3.09. The van der Waals surface area contributed by atoms with Crippen molar-refractivity contribution in [1.82, 2.24) is 0 Å². The van der Waals surface area contributed by atoms with E-state index in [4.69, 9.17) is 37.9 Å². The van der Waals surface area contributed by atoms with Crippen LogP contribution >= 0.6 is 0 Å². The van der Waals surface area contributed by atoms with Gasteiger partial charge in [0, 0.05) is 20.1 Å². The fourth-order valence-corrected chi connectivity index (χ4v) is 4.39. The van der Waals surface area contributed by atoms with E-state index in [1.54, 1.807) is 13.2 Å². The van der Waals surface area contributed by atoms with Crippen LogP contribution in [0.3, 0.4) is 0 Å². The molecular formula is C37H43FO8. The highest BCUT2D eigenvalue weighted by Gasteiger charge is 2.11. The van der Waals surface area contributed by atoms with Crippen LogP contribution in [0.5, 0.6) is 17.2 Å². The Hall–Kier alpha value is -3.99. The summed E-state index contributed by atoms with van der Waals surface area (Å²) in [7, 11) is 1.61. The zero-order chi connectivity index (χ0) is 32.2. The smallest absolute Gasteiger partial charge is 0.189 e. The Morgan fingerprint density at radius 1 is 0.543 bits per heavy atom. The second-order valence-corrected chi connectivity index (χ2v) is 10.2. The summed E-state index contributed by atoms with van der Waals surface area (Å²) in [4.78, 5) is 0. The quantitative estimate of drug-likeness (QED) is 0.0649. The summed E-state index contributed by atoms with van der Waals surface area (Å²) in [5.41, 5.74) is 4.43. The molecular weight excluding hydrogens is 591 g/mol. The van der Waals surface area contributed by atoms with Crippen molar-refractivity contribution in [3.05, 3.63) is 102 Å². The lowest BCUT2D eigenvalue weighted by molar-refractivity contribution is -0.0561. The zero-order valence-corrected chi connectivity index (χ0v) is 26.6. The van der Waals surface area contributed by atoms with Crippen LogP contribution in [-0.2, 0) is 30.3 Å². The highest BCUT2D eigenvalue weighted by Crippen LogP contribution is 2.34. The van der Waals surface area contributed by atoms with E-state index in [-0.39, 0.29) is 19.3 Å². The summed E-state index contributed by atoms with van der Waals surface area (Å²) in [5.74, 6) is 1.08. The maximum Gasteiger partial charge on any atom is 0.189 e. The highest BCUT2D eigenvalue weighted by molar-refractivity contribution is 5.75. The highest BCUT2D eigenvalue weighted by atomic mass is 19.1. The maximum absolute atomic E-state index is 15.2. The Morgan fingerprint density at radius 2 is 1.28 bits per heavy atom. The molecule has 0 bridgehead atoms. The number of hydrogen-bond acceptors (Lipinski definition) is 8. The second kappa shape index (κ2) is 20.2. The van der Waals surface area contributed by atoms with Crippen LogP contribution in [0, 0.1) is 5.82 Å². The summed E-state index contributed by atoms with van der Waals surface area (Å²) in [6, 6.07) is 28.5. The molecule has 0 aliphatic rings. The summed E-state index contributed by atoms with van der Waals surface area (Å²) in [5, 5.41) is 0. The van der Waals surface area contributed by atoms with Crippen molar-refractivity contribution in [3.8, 4) is 39.5 Å². The van der Waals surface area contributed by atoms with Gasteiger partial charge in [-0.3, -0.25) is 0 Å². The van der Waals surface area contributed by atoms with Crippen LogP contribution in [0.2, 0.25) is 0 Å². The minimum atomic E-state index is -0.440. The molecule has 46 heavy (non-hydrogen) atoms. The topological polar surface area (TPSA) is 73.8 Å². The van der Waals surface area contributed by atoms with Gasteiger partial charge < -0.3 is 37.9 Å². The van der Waals surface area contributed by atoms with Gasteiger partial charge in [0.05, 0.1) is 39.6 Å². The molecule has 4 rings (SSSR count). The van der Waals surface area contributed by atoms with Gasteiger partial charge in [0.25, 0.3) is 0 Å². The first kappa shape index (κ1) is 34.9. The van der Waals surface area contributed by atoms with E-state index in [9.17, 15) is 0 Å². The zero-order valence-electron chi connectivity index (χ0n) is 26.6. The molecule has 4 aromatic carbocycles. The van der Waals surface area contributed by atoms with Gasteiger partial charge in [-0.05, 0) is 77.2 Å². The van der Waals surface area contributed by atoms with Crippen LogP contribution < -0.4 is 14.2 Å². The Morgan fingerprint density at radius 3 is 2.04 bits per heavy atom. The van der Waals surface area contributed by atoms with Crippen LogP contribution in [0.4, 0.5) is 4.39 Å². The van der Waals surface area contributed by atoms with Crippen LogP contribution in [-0.4, -0.2) is 66.9 Å². The van der Waals surface area contributed by atoms with Crippen molar-refractivity contribution in [3.63, 3.8) is 0 Å². The Kier molecular flexibility index (Phi) is 15.3. The molecule has 0 radical (unpaired) electrons. The first-order valence-electron chi connectivity index (χ1n) is 15.4. The lowest BCUT2D eigenvalue weighted by Gasteiger charge is -2.14. The SMILES string of the molecule is CCOCOCCOc1ccc(-c2cc(OCOCCOC)cc(-c3ccc(OCCCOCc4ccccc4)c(F)c3)c2)cc1. The van der Waals surface area contributed by atoms with Gasteiger partial charge >= 0.3 is 0 Å². The van der Waals surface area contributed by atoms with Gasteiger partial charge in [-0.1, -0.05) is 48.5 Å². The molecule has 0 aliphatic heterocycles. The standard InChI is InChI=1S/C37H43FO8/c1-3-40-27-42-20-21-44-34-13-10-30(11-14-34)32-22-33(24-35(23-32)46-28-43-19-18-39-2)31-12-15-37(36(38)25-31)45-17-7-16-41-26-29-8-5-4-6-9-29/h4-6,8-15,22-25H,3,7,16-21,26-28H2,1-2H3. The molecule has 4 aromatic rings. The third-order valence-electron chi connectivity index (χ3n) is 6.77. The van der Waals surface area contributed by atoms with E-state index < -0.39 is 5.82 Å². The van der Waals surface area contributed by atoms with Crippen molar-refractivity contribution in [1.29, 1.82) is 0 Å². The Balaban J connectivity index is 1.39. The number of ether oxygens (including phenoxy) is 8. The maximum atomic E-state index is 15.2. The van der Waals surface area contributed by atoms with Crippen molar-refractivity contribution >= 4 is 0 Å². The van der Waals surface area contributed by atoms with E-state index in [0.29, 0.717) is 70.6 Å². The lowest BCUT2D eigenvalue weighted by Crippen LogP contribution is -2.09. The fraction of sp³-hybridized carbons (Fsp3) is 0.351. The van der Waals surface area contributed by atoms with E-state index >= 15 is 4.39 Å². The summed E-state index contributed by atoms with van der Waals surface area (Å²) < 4.78 is 59.3. The minimum absolute atomic E-state index is 0.0562. The van der Waals surface area contributed by atoms with Crippen molar-refractivity contribution < 1.29 is 42.3 Å². The van der Waals surface area contributed by atoms with Crippen LogP contribution in [0.15, 0.2) is 91.0 Å². The largest absolute Gasteiger partial charge is 0.491 e. The number of rotatable bonds is 22. The molecule has 0 amide bonds. The molecule has 0 N–H and O–H groups in total. The molecule has 246 valence electrons. The number of benzene rings is 4. The van der Waals surface area contributed by atoms with E-state index in [1.807, 2.05) is 85.8 Å². The molecule has 8 nitrogen and oxygen atoms in total. The van der Waals surface area contributed by atoms with Crippen molar-refractivity contribution in [2.75, 3.05) is 66.9 Å². The third-order valence-corrected chi connectivity index (χ3v) is 6.77. The Labute approximate surface area is 270 Å². The Bertz CT molecular complexity index is 1420. The van der Waals surface area contributed by atoms with Crippen molar-refractivity contribution in [2.24, 2.45) is 0 Å². The molecule has 0 unspecified atom stereocenters. The molecule has 0 atom stereocenters. The molecule has 9 heteroatoms. The van der Waals surface area contributed by atoms with Gasteiger partial charge in [-0.2, -0.15) is 0 Å². The van der Waals surface area contributed by atoms with Crippen molar-refractivity contribution in [2.45, 2.75) is 20.0 Å². The lowest BCUT2D eigenvalue weighted by atomic mass is 9.98. The molecule has 0 fully saturated rings. The summed E-state index contributed by atoms with van der Waals surface area (Å²) in [6.45, 7) is 5.97. The van der Waals surface area contributed by atoms with Crippen LogP contribution in [0.25, 0.3) is 22.3 Å². The number of hydrogen-bond donors (Lipinski definition) is 0. The molecule has 0 spiro atoms. The first-order chi connectivity index (χ1) is 22.7. The molecule has 0 aliphatic carbocycles. The van der Waals surface area contributed by atoms with E-state index in [2.05, 4.69) is 0 Å². The van der Waals surface area contributed by atoms with Gasteiger partial charge in [-0.15, -0.1) is 0 Å². The minimum Gasteiger partial charge on any atom is -0.491 e. The van der Waals surface area contributed by atoms with Gasteiger partial charge in [0.2, 0.25) is 0 Å². The van der Waals surface area contributed by atoms with Gasteiger partial charge in [-0.25, -0.2) is 4.39 Å². The predicted octanol–water partition coefficient (Wildman–Crippen LogP) is 7.53. The van der Waals surface area contributed by atoms with E-state index in [0.717, 1.165) is 28.0 Å². The molecule has 0 aromatic heterocycles. The van der Waals surface area contributed by atoms with Gasteiger partial charge in [0.1, 0.15) is 24.9 Å². The van der Waals surface area contributed by atoms with Gasteiger partial charge in [0.15, 0.2) is 18.4 Å². The molecule has 0 saturated heterocycles. The number of halogens is 1. The summed E-state index contributed by atoms with van der Waals surface area (Å²) >= 11 is 0. The molecule has 0 saturated carbocycles. The van der Waals surface area contributed by atoms with E-state index in [1.165, 1.54) is 6.07 Å².